The Hall–Kier alpha value is -2.75. The van der Waals surface area contributed by atoms with Gasteiger partial charge in [0.2, 0.25) is 0 Å². The predicted molar refractivity (Wildman–Crippen MR) is 105 cm³/mol. The number of Topliss-reactive ketones (excluding diaryl/α,β-unsaturated/α-hetero) is 2. The molecule has 1 aliphatic carbocycles. The summed E-state index contributed by atoms with van der Waals surface area (Å²) in [6.45, 7) is 6.42. The van der Waals surface area contributed by atoms with Gasteiger partial charge in [-0.15, -0.1) is 0 Å². The van der Waals surface area contributed by atoms with Crippen LogP contribution in [0.1, 0.15) is 65.0 Å². The van der Waals surface area contributed by atoms with Gasteiger partial charge < -0.3 is 4.90 Å². The molecule has 2 aromatic rings. The number of carbonyl (C=O) groups is 2. The average molecular weight is 363 g/mol. The van der Waals surface area contributed by atoms with Crippen LogP contribution in [0.2, 0.25) is 0 Å². The second-order valence-electron chi connectivity index (χ2n) is 8.17. The van der Waals surface area contributed by atoms with Gasteiger partial charge >= 0.3 is 0 Å². The summed E-state index contributed by atoms with van der Waals surface area (Å²) in [5.41, 5.74) is 2.96. The Balaban J connectivity index is 1.81. The number of hydrogen-bond acceptors (Lipinski definition) is 3. The summed E-state index contributed by atoms with van der Waals surface area (Å²) < 4.78 is 14.9. The molecule has 0 fully saturated rings. The Bertz CT molecular complexity index is 982. The first-order valence-corrected chi connectivity index (χ1v) is 9.18. The summed E-state index contributed by atoms with van der Waals surface area (Å²) in [5, 5.41) is 0. The fraction of sp³-hybridized carbons (Fsp3) is 0.304. The van der Waals surface area contributed by atoms with Crippen molar-refractivity contribution in [3.05, 3.63) is 70.0 Å². The number of hydrogen-bond donors (Lipinski definition) is 0. The van der Waals surface area contributed by atoms with E-state index in [4.69, 9.17) is 0 Å². The zero-order valence-corrected chi connectivity index (χ0v) is 16.0. The molecule has 0 N–H and O–H groups in total. The Labute approximate surface area is 158 Å². The molecule has 138 valence electrons. The molecule has 1 heterocycles. The van der Waals surface area contributed by atoms with E-state index in [1.807, 2.05) is 7.05 Å². The van der Waals surface area contributed by atoms with Gasteiger partial charge in [-0.25, -0.2) is 4.39 Å². The van der Waals surface area contributed by atoms with Crippen LogP contribution in [-0.4, -0.2) is 24.2 Å². The van der Waals surface area contributed by atoms with Crippen molar-refractivity contribution >= 4 is 23.3 Å². The third kappa shape index (κ3) is 2.62. The van der Waals surface area contributed by atoms with Crippen LogP contribution in [0.25, 0.3) is 6.08 Å². The highest BCUT2D eigenvalue weighted by Crippen LogP contribution is 2.43. The zero-order chi connectivity index (χ0) is 19.5. The van der Waals surface area contributed by atoms with Crippen LogP contribution in [0, 0.1) is 5.82 Å². The van der Waals surface area contributed by atoms with Crippen LogP contribution < -0.4 is 4.90 Å². The maximum absolute atomic E-state index is 14.9. The van der Waals surface area contributed by atoms with Crippen molar-refractivity contribution in [3.8, 4) is 0 Å². The lowest BCUT2D eigenvalue weighted by Crippen LogP contribution is -2.45. The monoisotopic (exact) mass is 363 g/mol. The molecule has 27 heavy (non-hydrogen) atoms. The maximum Gasteiger partial charge on any atom is 0.197 e. The van der Waals surface area contributed by atoms with Gasteiger partial charge in [0.15, 0.2) is 11.6 Å². The SMILES string of the molecule is CC1CC(C)(C)N(C)c2cc(F)c(C=C3C(=O)c4ccccc4C3=O)cc21. The van der Waals surface area contributed by atoms with E-state index in [0.717, 1.165) is 17.7 Å². The third-order valence-corrected chi connectivity index (χ3v) is 5.96. The van der Waals surface area contributed by atoms with Gasteiger partial charge in [-0.2, -0.15) is 0 Å². The molecule has 1 atom stereocenters. The molecule has 0 saturated heterocycles. The van der Waals surface area contributed by atoms with Crippen molar-refractivity contribution in [2.24, 2.45) is 0 Å². The topological polar surface area (TPSA) is 37.4 Å². The van der Waals surface area contributed by atoms with E-state index < -0.39 is 5.82 Å². The van der Waals surface area contributed by atoms with Gasteiger partial charge in [-0.1, -0.05) is 31.2 Å². The molecule has 3 nitrogen and oxygen atoms in total. The van der Waals surface area contributed by atoms with Gasteiger partial charge in [0.05, 0.1) is 5.57 Å². The molecular formula is C23H22FNO2. The molecule has 0 saturated carbocycles. The second-order valence-corrected chi connectivity index (χ2v) is 8.17. The van der Waals surface area contributed by atoms with Crippen molar-refractivity contribution in [2.75, 3.05) is 11.9 Å². The fourth-order valence-electron chi connectivity index (χ4n) is 4.27. The Kier molecular flexibility index (Phi) is 3.84. The summed E-state index contributed by atoms with van der Waals surface area (Å²) in [5.74, 6) is -0.830. The summed E-state index contributed by atoms with van der Waals surface area (Å²) >= 11 is 0. The van der Waals surface area contributed by atoms with E-state index in [0.29, 0.717) is 16.7 Å². The molecule has 0 radical (unpaired) electrons. The molecule has 0 aromatic heterocycles. The molecular weight excluding hydrogens is 341 g/mol. The molecule has 4 rings (SSSR count). The molecule has 2 aliphatic rings. The van der Waals surface area contributed by atoms with Crippen LogP contribution in [0.4, 0.5) is 10.1 Å². The maximum atomic E-state index is 14.9. The van der Waals surface area contributed by atoms with Gasteiger partial charge in [0.1, 0.15) is 5.82 Å². The first-order chi connectivity index (χ1) is 12.7. The third-order valence-electron chi connectivity index (χ3n) is 5.96. The molecule has 0 amide bonds. The largest absolute Gasteiger partial charge is 0.369 e. The highest BCUT2D eigenvalue weighted by Gasteiger charge is 2.36. The standard InChI is InChI=1S/C23H22FNO2/c1-13-12-23(2,3)25(4)20-11-19(24)14(9-17(13)20)10-18-21(26)15-7-5-6-8-16(15)22(18)27/h5-11,13H,12H2,1-4H3. The number of nitrogens with zero attached hydrogens (tertiary/aromatic N) is 1. The van der Waals surface area contributed by atoms with Crippen LogP contribution in [0.15, 0.2) is 42.0 Å². The number of ketones is 2. The van der Waals surface area contributed by atoms with E-state index in [9.17, 15) is 14.0 Å². The molecule has 1 aliphatic heterocycles. The lowest BCUT2D eigenvalue weighted by atomic mass is 9.80. The summed E-state index contributed by atoms with van der Waals surface area (Å²) in [6.07, 6.45) is 2.36. The number of carbonyl (C=O) groups excluding carboxylic acids is 2. The van der Waals surface area contributed by atoms with Crippen LogP contribution in [0.3, 0.4) is 0 Å². The van der Waals surface area contributed by atoms with Crippen molar-refractivity contribution in [3.63, 3.8) is 0 Å². The number of anilines is 1. The van der Waals surface area contributed by atoms with E-state index >= 15 is 0 Å². The predicted octanol–water partition coefficient (Wildman–Crippen LogP) is 5.01. The molecule has 2 aromatic carbocycles. The second kappa shape index (κ2) is 5.88. The lowest BCUT2D eigenvalue weighted by molar-refractivity contribution is 0.0990. The minimum absolute atomic E-state index is 0.0344. The summed E-state index contributed by atoms with van der Waals surface area (Å²) in [7, 11) is 1.98. The van der Waals surface area contributed by atoms with Crippen LogP contribution in [0.5, 0.6) is 0 Å². The molecule has 4 heteroatoms. The minimum atomic E-state index is -0.422. The molecule has 0 spiro atoms. The summed E-state index contributed by atoms with van der Waals surface area (Å²) in [4.78, 5) is 27.3. The molecule has 0 bridgehead atoms. The first kappa shape index (κ1) is 17.7. The van der Waals surface area contributed by atoms with Gasteiger partial charge in [-0.05, 0) is 50.0 Å². The highest BCUT2D eigenvalue weighted by molar-refractivity contribution is 6.41. The number of halogens is 1. The fourth-order valence-corrected chi connectivity index (χ4v) is 4.27. The van der Waals surface area contributed by atoms with Crippen molar-refractivity contribution < 1.29 is 14.0 Å². The van der Waals surface area contributed by atoms with Gasteiger partial charge in [0.25, 0.3) is 0 Å². The van der Waals surface area contributed by atoms with Crippen molar-refractivity contribution in [2.45, 2.75) is 38.6 Å². The van der Waals surface area contributed by atoms with E-state index in [2.05, 4.69) is 25.7 Å². The number of fused-ring (bicyclic) bond motifs is 2. The van der Waals surface area contributed by atoms with Crippen molar-refractivity contribution in [1.29, 1.82) is 0 Å². The van der Waals surface area contributed by atoms with E-state index in [1.165, 1.54) is 12.1 Å². The van der Waals surface area contributed by atoms with Gasteiger partial charge in [0, 0.05) is 35.0 Å². The van der Waals surface area contributed by atoms with Crippen LogP contribution >= 0.6 is 0 Å². The van der Waals surface area contributed by atoms with Crippen LogP contribution in [-0.2, 0) is 0 Å². The Morgan fingerprint density at radius 2 is 1.70 bits per heavy atom. The zero-order valence-electron chi connectivity index (χ0n) is 16.0. The Morgan fingerprint density at radius 3 is 2.30 bits per heavy atom. The molecule has 1 unspecified atom stereocenters. The summed E-state index contributed by atoms with van der Waals surface area (Å²) in [6, 6.07) is 10.0. The number of allylic oxidation sites excluding steroid dienone is 1. The first-order valence-electron chi connectivity index (χ1n) is 9.18. The number of rotatable bonds is 1. The quantitative estimate of drug-likeness (QED) is 0.528. The smallest absolute Gasteiger partial charge is 0.197 e. The van der Waals surface area contributed by atoms with Crippen molar-refractivity contribution in [1.82, 2.24) is 0 Å². The lowest BCUT2D eigenvalue weighted by Gasteiger charge is -2.45. The normalized spacial score (nSPS) is 20.6. The van der Waals surface area contributed by atoms with E-state index in [-0.39, 0.29) is 28.6 Å². The Morgan fingerprint density at radius 1 is 1.11 bits per heavy atom. The minimum Gasteiger partial charge on any atom is -0.369 e. The number of benzene rings is 2. The average Bonchev–Trinajstić information content (AvgIpc) is 2.86. The van der Waals surface area contributed by atoms with E-state index in [1.54, 1.807) is 30.3 Å². The highest BCUT2D eigenvalue weighted by atomic mass is 19.1. The van der Waals surface area contributed by atoms with Gasteiger partial charge in [-0.3, -0.25) is 9.59 Å².